The predicted molar refractivity (Wildman–Crippen MR) is 103 cm³/mol. The van der Waals surface area contributed by atoms with Crippen LogP contribution in [0.5, 0.6) is 0 Å². The van der Waals surface area contributed by atoms with E-state index in [1.165, 1.54) is 12.0 Å². The fraction of sp³-hybridized carbons (Fsp3) is 0.619. The summed E-state index contributed by atoms with van der Waals surface area (Å²) >= 11 is 0. The third kappa shape index (κ3) is 4.85. The average molecular weight is 357 g/mol. The van der Waals surface area contributed by atoms with Gasteiger partial charge in [-0.1, -0.05) is 30.3 Å². The summed E-state index contributed by atoms with van der Waals surface area (Å²) in [7, 11) is 0. The molecule has 142 valence electrons. The molecular formula is C21H31N3O2. The standard InChI is InChI=1S/C21H31N3O2/c1-2-22-19(25)10-14-23-13-6-11-21(16-23)12-9-20(26)24(17-21)15-18-7-4-3-5-8-18/h3-5,7-8H,2,6,9-17H2,1H3,(H,22,25)/t21-/m0/s1. The average Bonchev–Trinajstić information content (AvgIpc) is 2.65. The first-order valence-electron chi connectivity index (χ1n) is 9.91. The summed E-state index contributed by atoms with van der Waals surface area (Å²) in [6.07, 6.45) is 4.54. The Bertz CT molecular complexity index is 619. The molecule has 2 heterocycles. The Kier molecular flexibility index (Phi) is 6.30. The highest BCUT2D eigenvalue weighted by molar-refractivity contribution is 5.77. The number of nitrogens with zero attached hydrogens (tertiary/aromatic N) is 2. The number of rotatable bonds is 6. The quantitative estimate of drug-likeness (QED) is 0.851. The molecule has 0 aliphatic carbocycles. The second kappa shape index (κ2) is 8.67. The SMILES string of the molecule is CCNC(=O)CCN1CCC[C@]2(CCC(=O)N(Cc3ccccc3)C2)C1. The number of hydrogen-bond donors (Lipinski definition) is 1. The number of piperidine rings is 2. The summed E-state index contributed by atoms with van der Waals surface area (Å²) < 4.78 is 0. The van der Waals surface area contributed by atoms with E-state index in [0.717, 1.165) is 39.0 Å². The minimum atomic E-state index is 0.136. The summed E-state index contributed by atoms with van der Waals surface area (Å²) in [6, 6.07) is 10.3. The molecule has 5 heteroatoms. The van der Waals surface area contributed by atoms with Crippen molar-refractivity contribution < 1.29 is 9.59 Å². The number of benzene rings is 1. The van der Waals surface area contributed by atoms with E-state index in [9.17, 15) is 9.59 Å². The number of carbonyl (C=O) groups is 2. The Labute approximate surface area is 156 Å². The van der Waals surface area contributed by atoms with Crippen molar-refractivity contribution in [3.63, 3.8) is 0 Å². The molecule has 2 aliphatic heterocycles. The second-order valence-electron chi connectivity index (χ2n) is 7.82. The molecule has 2 fully saturated rings. The fourth-order valence-electron chi connectivity index (χ4n) is 4.43. The zero-order valence-electron chi connectivity index (χ0n) is 15.9. The fourth-order valence-corrected chi connectivity index (χ4v) is 4.43. The van der Waals surface area contributed by atoms with Crippen LogP contribution in [0.15, 0.2) is 30.3 Å². The van der Waals surface area contributed by atoms with Crippen LogP contribution in [0.25, 0.3) is 0 Å². The van der Waals surface area contributed by atoms with Crippen LogP contribution in [0.3, 0.4) is 0 Å². The van der Waals surface area contributed by atoms with E-state index >= 15 is 0 Å². The highest BCUT2D eigenvalue weighted by Crippen LogP contribution is 2.39. The Morgan fingerprint density at radius 3 is 2.77 bits per heavy atom. The number of amides is 2. The second-order valence-corrected chi connectivity index (χ2v) is 7.82. The lowest BCUT2D eigenvalue weighted by atomic mass is 9.73. The highest BCUT2D eigenvalue weighted by atomic mass is 16.2. The molecule has 1 spiro atoms. The van der Waals surface area contributed by atoms with E-state index in [1.54, 1.807) is 0 Å². The van der Waals surface area contributed by atoms with Gasteiger partial charge in [-0.3, -0.25) is 9.59 Å². The van der Waals surface area contributed by atoms with Gasteiger partial charge in [-0.25, -0.2) is 0 Å². The van der Waals surface area contributed by atoms with Crippen molar-refractivity contribution in [2.24, 2.45) is 5.41 Å². The molecule has 0 bridgehead atoms. The Balaban J connectivity index is 1.59. The van der Waals surface area contributed by atoms with Crippen LogP contribution >= 0.6 is 0 Å². The Morgan fingerprint density at radius 2 is 2.00 bits per heavy atom. The topological polar surface area (TPSA) is 52.7 Å². The van der Waals surface area contributed by atoms with E-state index in [1.807, 2.05) is 30.0 Å². The molecule has 1 aromatic rings. The van der Waals surface area contributed by atoms with Crippen LogP contribution in [0, 0.1) is 5.41 Å². The minimum absolute atomic E-state index is 0.136. The summed E-state index contributed by atoms with van der Waals surface area (Å²) in [5.41, 5.74) is 1.39. The van der Waals surface area contributed by atoms with Crippen molar-refractivity contribution in [1.82, 2.24) is 15.1 Å². The van der Waals surface area contributed by atoms with Gasteiger partial charge in [-0.05, 0) is 38.3 Å². The van der Waals surface area contributed by atoms with Crippen molar-refractivity contribution in [1.29, 1.82) is 0 Å². The molecule has 3 rings (SSSR count). The molecule has 5 nitrogen and oxygen atoms in total. The van der Waals surface area contributed by atoms with Gasteiger partial charge < -0.3 is 15.1 Å². The van der Waals surface area contributed by atoms with Crippen LogP contribution in [0.4, 0.5) is 0 Å². The van der Waals surface area contributed by atoms with Gasteiger partial charge in [0.25, 0.3) is 0 Å². The molecule has 1 N–H and O–H groups in total. The molecule has 2 saturated heterocycles. The molecule has 1 aromatic carbocycles. The van der Waals surface area contributed by atoms with Gasteiger partial charge in [0.2, 0.25) is 11.8 Å². The van der Waals surface area contributed by atoms with Gasteiger partial charge in [-0.15, -0.1) is 0 Å². The molecule has 1 atom stereocenters. The molecule has 0 unspecified atom stereocenters. The van der Waals surface area contributed by atoms with Crippen LogP contribution in [0.1, 0.15) is 44.6 Å². The predicted octanol–water partition coefficient (Wildman–Crippen LogP) is 2.42. The number of hydrogen-bond acceptors (Lipinski definition) is 3. The lowest BCUT2D eigenvalue weighted by molar-refractivity contribution is -0.140. The third-order valence-electron chi connectivity index (χ3n) is 5.73. The zero-order chi connectivity index (χ0) is 18.4. The van der Waals surface area contributed by atoms with E-state index in [2.05, 4.69) is 22.3 Å². The van der Waals surface area contributed by atoms with Crippen LogP contribution < -0.4 is 5.32 Å². The van der Waals surface area contributed by atoms with Crippen LogP contribution in [0.2, 0.25) is 0 Å². The monoisotopic (exact) mass is 357 g/mol. The Hall–Kier alpha value is -1.88. The lowest BCUT2D eigenvalue weighted by Crippen LogP contribution is -2.54. The molecule has 0 aromatic heterocycles. The van der Waals surface area contributed by atoms with Crippen LogP contribution in [-0.2, 0) is 16.1 Å². The van der Waals surface area contributed by atoms with E-state index in [0.29, 0.717) is 25.9 Å². The van der Waals surface area contributed by atoms with E-state index in [-0.39, 0.29) is 17.2 Å². The molecular weight excluding hydrogens is 326 g/mol. The van der Waals surface area contributed by atoms with E-state index in [4.69, 9.17) is 0 Å². The zero-order valence-corrected chi connectivity index (χ0v) is 15.9. The number of nitrogens with one attached hydrogen (secondary N) is 1. The minimum Gasteiger partial charge on any atom is -0.356 e. The maximum absolute atomic E-state index is 12.5. The molecule has 2 aliphatic rings. The summed E-state index contributed by atoms with van der Waals surface area (Å²) in [6.45, 7) is 7.09. The van der Waals surface area contributed by atoms with Gasteiger partial charge in [0.15, 0.2) is 0 Å². The number of likely N-dealkylation sites (tertiary alicyclic amines) is 2. The molecule has 0 saturated carbocycles. The third-order valence-corrected chi connectivity index (χ3v) is 5.73. The first kappa shape index (κ1) is 18.9. The first-order chi connectivity index (χ1) is 12.6. The van der Waals surface area contributed by atoms with Gasteiger partial charge in [-0.2, -0.15) is 0 Å². The van der Waals surface area contributed by atoms with Crippen LogP contribution in [-0.4, -0.2) is 54.3 Å². The van der Waals surface area contributed by atoms with Gasteiger partial charge in [0.05, 0.1) is 0 Å². The maximum Gasteiger partial charge on any atom is 0.222 e. The van der Waals surface area contributed by atoms with Gasteiger partial charge in [0.1, 0.15) is 0 Å². The normalized spacial score (nSPS) is 24.0. The van der Waals surface area contributed by atoms with Crippen molar-refractivity contribution in [2.75, 3.05) is 32.7 Å². The molecule has 26 heavy (non-hydrogen) atoms. The van der Waals surface area contributed by atoms with Crippen molar-refractivity contribution >= 4 is 11.8 Å². The van der Waals surface area contributed by atoms with Crippen molar-refractivity contribution in [3.05, 3.63) is 35.9 Å². The first-order valence-corrected chi connectivity index (χ1v) is 9.91. The summed E-state index contributed by atoms with van der Waals surface area (Å²) in [5, 5.41) is 2.88. The molecule has 2 amide bonds. The Morgan fingerprint density at radius 1 is 1.19 bits per heavy atom. The summed E-state index contributed by atoms with van der Waals surface area (Å²) in [5.74, 6) is 0.413. The summed E-state index contributed by atoms with van der Waals surface area (Å²) in [4.78, 5) is 28.7. The van der Waals surface area contributed by atoms with Gasteiger partial charge >= 0.3 is 0 Å². The van der Waals surface area contributed by atoms with Gasteiger partial charge in [0, 0.05) is 51.0 Å². The highest BCUT2D eigenvalue weighted by Gasteiger charge is 2.41. The molecule has 0 radical (unpaired) electrons. The largest absolute Gasteiger partial charge is 0.356 e. The lowest BCUT2D eigenvalue weighted by Gasteiger charge is -2.48. The van der Waals surface area contributed by atoms with E-state index < -0.39 is 0 Å². The van der Waals surface area contributed by atoms with Crippen molar-refractivity contribution in [3.8, 4) is 0 Å². The maximum atomic E-state index is 12.5. The smallest absolute Gasteiger partial charge is 0.222 e. The van der Waals surface area contributed by atoms with Crippen molar-refractivity contribution in [2.45, 2.75) is 45.6 Å². The number of carbonyl (C=O) groups excluding carboxylic acids is 2.